The van der Waals surface area contributed by atoms with Crippen LogP contribution in [-0.2, 0) is 13.1 Å². The summed E-state index contributed by atoms with van der Waals surface area (Å²) >= 11 is 0. The lowest BCUT2D eigenvalue weighted by molar-refractivity contribution is 0.104. The van der Waals surface area contributed by atoms with E-state index in [2.05, 4.69) is 38.7 Å². The smallest absolute Gasteiger partial charge is 0.352 e. The zero-order valence-electron chi connectivity index (χ0n) is 19.9. The molecule has 0 atom stereocenters. The van der Waals surface area contributed by atoms with E-state index in [1.807, 2.05) is 6.07 Å². The van der Waals surface area contributed by atoms with Crippen LogP contribution in [0, 0.1) is 11.6 Å². The molecule has 4 heterocycles. The Morgan fingerprint density at radius 1 is 1.03 bits per heavy atom. The minimum atomic E-state index is -1.10. The summed E-state index contributed by atoms with van der Waals surface area (Å²) in [6.07, 6.45) is 3.02. The largest absolute Gasteiger partial charge is 0.494 e. The topological polar surface area (TPSA) is 80.8 Å². The first kappa shape index (κ1) is 23.3. The fourth-order valence-corrected chi connectivity index (χ4v) is 4.60. The van der Waals surface area contributed by atoms with Crippen molar-refractivity contribution < 1.29 is 13.5 Å². The van der Waals surface area contributed by atoms with Gasteiger partial charge in [0.05, 0.1) is 19.0 Å². The summed E-state index contributed by atoms with van der Waals surface area (Å²) in [5.41, 5.74) is 1.15. The number of benzene rings is 1. The molecule has 1 aliphatic rings. The first-order valence-corrected chi connectivity index (χ1v) is 11.6. The summed E-state index contributed by atoms with van der Waals surface area (Å²) in [6.45, 7) is 8.84. The standard InChI is InChI=1S/C24H27F2N7O2/c1-15(2)31-8-6-30(7-9-31)12-16-10-18-22(27-11-16)32(24(34)33-23(18)28-14-29-33)13-17-4-5-19(35-3)21(26)20(17)25/h4-5,10-11,14-15H,6-9,12-13H2,1-3H3. The highest BCUT2D eigenvalue weighted by atomic mass is 19.2. The van der Waals surface area contributed by atoms with Crippen molar-refractivity contribution in [3.63, 3.8) is 0 Å². The van der Waals surface area contributed by atoms with Gasteiger partial charge in [0.1, 0.15) is 12.0 Å². The van der Waals surface area contributed by atoms with E-state index in [-0.39, 0.29) is 17.9 Å². The molecule has 1 saturated heterocycles. The number of nitrogens with zero attached hydrogens (tertiary/aromatic N) is 7. The Hall–Kier alpha value is -3.44. The molecule has 0 amide bonds. The molecule has 35 heavy (non-hydrogen) atoms. The first-order valence-electron chi connectivity index (χ1n) is 11.6. The van der Waals surface area contributed by atoms with E-state index >= 15 is 0 Å². The van der Waals surface area contributed by atoms with Gasteiger partial charge in [-0.05, 0) is 31.5 Å². The van der Waals surface area contributed by atoms with Crippen LogP contribution in [0.15, 0.2) is 35.5 Å². The second kappa shape index (κ2) is 9.31. The van der Waals surface area contributed by atoms with Crippen LogP contribution < -0.4 is 10.4 Å². The van der Waals surface area contributed by atoms with Crippen LogP contribution in [0.5, 0.6) is 5.75 Å². The number of fused-ring (bicyclic) bond motifs is 3. The number of rotatable bonds is 6. The van der Waals surface area contributed by atoms with Crippen molar-refractivity contribution in [3.8, 4) is 5.75 Å². The highest BCUT2D eigenvalue weighted by molar-refractivity contribution is 5.89. The lowest BCUT2D eigenvalue weighted by Crippen LogP contribution is -2.48. The number of ether oxygens (including phenoxy) is 1. The second-order valence-electron chi connectivity index (χ2n) is 9.04. The van der Waals surface area contributed by atoms with Crippen LogP contribution in [0.4, 0.5) is 8.78 Å². The Morgan fingerprint density at radius 3 is 2.51 bits per heavy atom. The maximum atomic E-state index is 14.7. The minimum Gasteiger partial charge on any atom is -0.494 e. The Balaban J connectivity index is 1.52. The van der Waals surface area contributed by atoms with Crippen molar-refractivity contribution in [2.45, 2.75) is 33.0 Å². The molecule has 0 aliphatic carbocycles. The third-order valence-corrected chi connectivity index (χ3v) is 6.60. The highest BCUT2D eigenvalue weighted by Gasteiger charge is 2.21. The normalized spacial score (nSPS) is 15.5. The van der Waals surface area contributed by atoms with E-state index in [4.69, 9.17) is 4.74 Å². The Kier molecular flexibility index (Phi) is 6.20. The minimum absolute atomic E-state index is 0.0000604. The lowest BCUT2D eigenvalue weighted by atomic mass is 10.1. The van der Waals surface area contributed by atoms with Gasteiger partial charge in [0.25, 0.3) is 0 Å². The summed E-state index contributed by atoms with van der Waals surface area (Å²) in [5, 5.41) is 4.67. The number of pyridine rings is 1. The molecule has 1 aromatic carbocycles. The predicted octanol–water partition coefficient (Wildman–Crippen LogP) is 2.30. The molecule has 0 N–H and O–H groups in total. The zero-order valence-corrected chi connectivity index (χ0v) is 19.9. The second-order valence-corrected chi connectivity index (χ2v) is 9.04. The van der Waals surface area contributed by atoms with Gasteiger partial charge >= 0.3 is 5.69 Å². The molecular weight excluding hydrogens is 456 g/mol. The number of halogens is 2. The van der Waals surface area contributed by atoms with Crippen LogP contribution in [0.1, 0.15) is 25.0 Å². The first-order chi connectivity index (χ1) is 16.9. The highest BCUT2D eigenvalue weighted by Crippen LogP contribution is 2.24. The van der Waals surface area contributed by atoms with Crippen molar-refractivity contribution >= 4 is 16.7 Å². The SMILES string of the molecule is COc1ccc(Cn2c(=O)n3ncnc3c3cc(CN4CCN(C(C)C)CC4)cnc32)c(F)c1F. The van der Waals surface area contributed by atoms with Crippen LogP contribution in [-0.4, -0.2) is 73.3 Å². The van der Waals surface area contributed by atoms with Crippen LogP contribution >= 0.6 is 0 Å². The predicted molar refractivity (Wildman–Crippen MR) is 127 cm³/mol. The van der Waals surface area contributed by atoms with Crippen LogP contribution in [0.25, 0.3) is 16.7 Å². The van der Waals surface area contributed by atoms with E-state index in [1.165, 1.54) is 30.1 Å². The molecule has 3 aromatic heterocycles. The molecule has 0 radical (unpaired) electrons. The van der Waals surface area contributed by atoms with Crippen molar-refractivity contribution in [1.29, 1.82) is 0 Å². The summed E-state index contributed by atoms with van der Waals surface area (Å²) in [7, 11) is 1.26. The Labute approximate surface area is 200 Å². The molecule has 4 aromatic rings. The maximum Gasteiger partial charge on any atom is 0.352 e. The van der Waals surface area contributed by atoms with E-state index in [0.29, 0.717) is 29.3 Å². The summed E-state index contributed by atoms with van der Waals surface area (Å²) < 4.78 is 36.3. The molecular formula is C24H27F2N7O2. The summed E-state index contributed by atoms with van der Waals surface area (Å²) in [6, 6.07) is 5.20. The molecule has 184 valence electrons. The number of aromatic nitrogens is 5. The van der Waals surface area contributed by atoms with E-state index in [0.717, 1.165) is 36.3 Å². The average Bonchev–Trinajstić information content (AvgIpc) is 3.35. The molecule has 0 spiro atoms. The molecule has 0 saturated carbocycles. The van der Waals surface area contributed by atoms with Gasteiger partial charge in [0.15, 0.2) is 17.2 Å². The van der Waals surface area contributed by atoms with Gasteiger partial charge in [0, 0.05) is 50.5 Å². The number of hydrogen-bond acceptors (Lipinski definition) is 7. The van der Waals surface area contributed by atoms with E-state index < -0.39 is 17.3 Å². The molecule has 0 bridgehead atoms. The maximum absolute atomic E-state index is 14.7. The molecule has 5 rings (SSSR count). The van der Waals surface area contributed by atoms with Crippen LogP contribution in [0.3, 0.4) is 0 Å². The molecule has 11 heteroatoms. The summed E-state index contributed by atoms with van der Waals surface area (Å²) in [5.74, 6) is -2.37. The van der Waals surface area contributed by atoms with Crippen molar-refractivity contribution in [1.82, 2.24) is 33.9 Å². The van der Waals surface area contributed by atoms with Crippen molar-refractivity contribution in [2.75, 3.05) is 33.3 Å². The average molecular weight is 484 g/mol. The molecule has 1 aliphatic heterocycles. The van der Waals surface area contributed by atoms with Gasteiger partial charge < -0.3 is 4.74 Å². The summed E-state index contributed by atoms with van der Waals surface area (Å²) in [4.78, 5) is 26.8. The molecule has 9 nitrogen and oxygen atoms in total. The fraction of sp³-hybridized carbons (Fsp3) is 0.417. The number of piperazine rings is 1. The van der Waals surface area contributed by atoms with Crippen molar-refractivity contribution in [3.05, 3.63) is 64.0 Å². The van der Waals surface area contributed by atoms with E-state index in [1.54, 1.807) is 6.20 Å². The van der Waals surface area contributed by atoms with Gasteiger partial charge in [0.2, 0.25) is 5.82 Å². The van der Waals surface area contributed by atoms with E-state index in [9.17, 15) is 13.6 Å². The van der Waals surface area contributed by atoms with Gasteiger partial charge in [-0.15, -0.1) is 0 Å². The van der Waals surface area contributed by atoms with Gasteiger partial charge in [-0.2, -0.15) is 14.0 Å². The Bertz CT molecular complexity index is 1440. The molecule has 0 unspecified atom stereocenters. The van der Waals surface area contributed by atoms with Gasteiger partial charge in [-0.25, -0.2) is 19.2 Å². The van der Waals surface area contributed by atoms with Crippen LogP contribution in [0.2, 0.25) is 0 Å². The molecule has 1 fully saturated rings. The fourth-order valence-electron chi connectivity index (χ4n) is 4.60. The zero-order chi connectivity index (χ0) is 24.7. The quantitative estimate of drug-likeness (QED) is 0.416. The van der Waals surface area contributed by atoms with Gasteiger partial charge in [-0.3, -0.25) is 14.4 Å². The third kappa shape index (κ3) is 4.25. The number of hydrogen-bond donors (Lipinski definition) is 0. The monoisotopic (exact) mass is 483 g/mol. The van der Waals surface area contributed by atoms with Gasteiger partial charge in [-0.1, -0.05) is 6.07 Å². The van der Waals surface area contributed by atoms with Crippen molar-refractivity contribution in [2.24, 2.45) is 0 Å². The number of methoxy groups -OCH3 is 1. The third-order valence-electron chi connectivity index (χ3n) is 6.60. The Morgan fingerprint density at radius 2 is 1.80 bits per heavy atom. The lowest BCUT2D eigenvalue weighted by Gasteiger charge is -2.36.